The number of nitrogens with one attached hydrogen (secondary N) is 1. The van der Waals surface area contributed by atoms with Crippen molar-refractivity contribution in [3.63, 3.8) is 0 Å². The Kier molecular flexibility index (Phi) is 5.97. The Morgan fingerprint density at radius 3 is 2.70 bits per heavy atom. The van der Waals surface area contributed by atoms with Crippen molar-refractivity contribution in [3.8, 4) is 11.6 Å². The monoisotopic (exact) mass is 369 g/mol. The van der Waals surface area contributed by atoms with E-state index in [9.17, 15) is 9.59 Å². The molecule has 0 bridgehead atoms. The molecule has 1 fully saturated rings. The molecule has 1 saturated heterocycles. The minimum Gasteiger partial charge on any atom is -0.437 e. The van der Waals surface area contributed by atoms with Gasteiger partial charge in [-0.1, -0.05) is 0 Å². The predicted octanol–water partition coefficient (Wildman–Crippen LogP) is 1.89. The molecule has 0 unspecified atom stereocenters. The lowest BCUT2D eigenvalue weighted by Gasteiger charge is -2.31. The molecule has 2 aromatic rings. The number of rotatable bonds is 6. The van der Waals surface area contributed by atoms with Crippen LogP contribution < -0.4 is 15.8 Å². The van der Waals surface area contributed by atoms with E-state index in [0.717, 1.165) is 25.1 Å². The number of hydrogen-bond acceptors (Lipinski definition) is 6. The highest BCUT2D eigenvalue weighted by molar-refractivity contribution is 5.88. The van der Waals surface area contributed by atoms with Crippen LogP contribution in [0.3, 0.4) is 0 Å². The lowest BCUT2D eigenvalue weighted by atomic mass is 9.94. The number of ether oxygens (including phenoxy) is 1. The topological polar surface area (TPSA) is 110 Å². The van der Waals surface area contributed by atoms with E-state index in [-0.39, 0.29) is 24.3 Å². The number of hydrogen-bond donors (Lipinski definition) is 2. The molecule has 0 spiro atoms. The number of aromatic nitrogens is 2. The van der Waals surface area contributed by atoms with Gasteiger partial charge in [0.2, 0.25) is 17.7 Å². The molecule has 142 valence electrons. The van der Waals surface area contributed by atoms with Gasteiger partial charge in [-0.3, -0.25) is 19.5 Å². The molecular formula is C19H23N5O3. The maximum Gasteiger partial charge on any atom is 0.241 e. The SMILES string of the molecule is CC(=O)Nc1ccc(Oc2nccnc2[C@@H]2CCCN(CC(N)=O)C2)cc1. The first-order valence-corrected chi connectivity index (χ1v) is 8.88. The van der Waals surface area contributed by atoms with Crippen LogP contribution in [0.1, 0.15) is 31.4 Å². The number of nitrogens with two attached hydrogens (primary N) is 1. The number of benzene rings is 1. The highest BCUT2D eigenvalue weighted by atomic mass is 16.5. The van der Waals surface area contributed by atoms with Crippen LogP contribution >= 0.6 is 0 Å². The normalized spacial score (nSPS) is 17.3. The van der Waals surface area contributed by atoms with E-state index in [2.05, 4.69) is 15.3 Å². The molecule has 0 aliphatic carbocycles. The number of carbonyl (C=O) groups is 2. The molecule has 3 N–H and O–H groups in total. The third kappa shape index (κ3) is 5.24. The highest BCUT2D eigenvalue weighted by Crippen LogP contribution is 2.32. The fourth-order valence-electron chi connectivity index (χ4n) is 3.26. The van der Waals surface area contributed by atoms with Crippen molar-refractivity contribution >= 4 is 17.5 Å². The average molecular weight is 369 g/mol. The van der Waals surface area contributed by atoms with Gasteiger partial charge in [0.1, 0.15) is 11.4 Å². The van der Waals surface area contributed by atoms with Crippen LogP contribution in [0.4, 0.5) is 5.69 Å². The molecule has 3 rings (SSSR count). The molecule has 2 amide bonds. The second kappa shape index (κ2) is 8.59. The maximum absolute atomic E-state index is 11.2. The number of nitrogens with zero attached hydrogens (tertiary/aromatic N) is 3. The summed E-state index contributed by atoms with van der Waals surface area (Å²) in [6, 6.07) is 7.07. The first-order chi connectivity index (χ1) is 13.0. The molecular weight excluding hydrogens is 346 g/mol. The predicted molar refractivity (Wildman–Crippen MR) is 100 cm³/mol. The molecule has 1 aromatic heterocycles. The van der Waals surface area contributed by atoms with Crippen LogP contribution in [-0.2, 0) is 9.59 Å². The number of anilines is 1. The van der Waals surface area contributed by atoms with Gasteiger partial charge < -0.3 is 15.8 Å². The van der Waals surface area contributed by atoms with Gasteiger partial charge in [0.25, 0.3) is 0 Å². The zero-order valence-electron chi connectivity index (χ0n) is 15.2. The summed E-state index contributed by atoms with van der Waals surface area (Å²) in [6.07, 6.45) is 5.15. The molecule has 2 heterocycles. The van der Waals surface area contributed by atoms with Crippen molar-refractivity contribution in [1.82, 2.24) is 14.9 Å². The Bertz CT molecular complexity index is 809. The van der Waals surface area contributed by atoms with Crippen LogP contribution in [0, 0.1) is 0 Å². The summed E-state index contributed by atoms with van der Waals surface area (Å²) in [5, 5.41) is 2.71. The Balaban J connectivity index is 1.74. The summed E-state index contributed by atoms with van der Waals surface area (Å²) in [4.78, 5) is 33.2. The van der Waals surface area contributed by atoms with Crippen molar-refractivity contribution in [3.05, 3.63) is 42.4 Å². The largest absolute Gasteiger partial charge is 0.437 e. The molecule has 0 saturated carbocycles. The molecule has 0 radical (unpaired) electrons. The van der Waals surface area contributed by atoms with Gasteiger partial charge in [0.05, 0.1) is 6.54 Å². The van der Waals surface area contributed by atoms with Crippen molar-refractivity contribution in [2.24, 2.45) is 5.73 Å². The van der Waals surface area contributed by atoms with E-state index in [1.165, 1.54) is 6.92 Å². The second-order valence-corrected chi connectivity index (χ2v) is 6.59. The van der Waals surface area contributed by atoms with E-state index in [1.54, 1.807) is 36.7 Å². The van der Waals surface area contributed by atoms with Crippen LogP contribution in [0.5, 0.6) is 11.6 Å². The first kappa shape index (κ1) is 18.8. The van der Waals surface area contributed by atoms with Crippen molar-refractivity contribution in [1.29, 1.82) is 0 Å². The number of piperidine rings is 1. The molecule has 1 aromatic carbocycles. The van der Waals surface area contributed by atoms with Gasteiger partial charge in [0, 0.05) is 37.5 Å². The zero-order valence-corrected chi connectivity index (χ0v) is 15.2. The summed E-state index contributed by atoms with van der Waals surface area (Å²) in [5.41, 5.74) is 6.80. The van der Waals surface area contributed by atoms with Crippen molar-refractivity contribution < 1.29 is 14.3 Å². The fraction of sp³-hybridized carbons (Fsp3) is 0.368. The van der Waals surface area contributed by atoms with Crippen LogP contribution in [0.15, 0.2) is 36.7 Å². The standard InChI is InChI=1S/C19H23N5O3/c1-13(25)23-15-4-6-16(7-5-15)27-19-18(21-8-9-22-19)14-3-2-10-24(11-14)12-17(20)26/h4-9,14H,2-3,10-12H2,1H3,(H2,20,26)(H,23,25)/t14-/m1/s1. The zero-order chi connectivity index (χ0) is 19.2. The molecule has 8 heteroatoms. The van der Waals surface area contributed by atoms with E-state index >= 15 is 0 Å². The Morgan fingerprint density at radius 2 is 2.00 bits per heavy atom. The number of amides is 2. The molecule has 1 aliphatic heterocycles. The van der Waals surface area contributed by atoms with Gasteiger partial charge in [-0.25, -0.2) is 4.98 Å². The van der Waals surface area contributed by atoms with Gasteiger partial charge in [-0.15, -0.1) is 0 Å². The third-order valence-corrected chi connectivity index (χ3v) is 4.35. The number of likely N-dealkylation sites (tertiary alicyclic amines) is 1. The van der Waals surface area contributed by atoms with Gasteiger partial charge in [-0.2, -0.15) is 0 Å². The first-order valence-electron chi connectivity index (χ1n) is 8.88. The second-order valence-electron chi connectivity index (χ2n) is 6.59. The fourth-order valence-corrected chi connectivity index (χ4v) is 3.26. The molecule has 27 heavy (non-hydrogen) atoms. The molecule has 1 atom stereocenters. The highest BCUT2D eigenvalue weighted by Gasteiger charge is 2.26. The minimum absolute atomic E-state index is 0.125. The lowest BCUT2D eigenvalue weighted by molar-refractivity contribution is -0.119. The Morgan fingerprint density at radius 1 is 1.26 bits per heavy atom. The Hall–Kier alpha value is -3.00. The van der Waals surface area contributed by atoms with Crippen LogP contribution in [0.2, 0.25) is 0 Å². The smallest absolute Gasteiger partial charge is 0.241 e. The van der Waals surface area contributed by atoms with Crippen molar-refractivity contribution in [2.75, 3.05) is 25.0 Å². The lowest BCUT2D eigenvalue weighted by Crippen LogP contribution is -2.40. The van der Waals surface area contributed by atoms with Crippen LogP contribution in [-0.4, -0.2) is 46.3 Å². The van der Waals surface area contributed by atoms with E-state index in [0.29, 0.717) is 23.9 Å². The van der Waals surface area contributed by atoms with E-state index < -0.39 is 0 Å². The minimum atomic E-state index is -0.328. The number of primary amides is 1. The van der Waals surface area contributed by atoms with Gasteiger partial charge >= 0.3 is 0 Å². The van der Waals surface area contributed by atoms with E-state index in [4.69, 9.17) is 10.5 Å². The van der Waals surface area contributed by atoms with Gasteiger partial charge in [0.15, 0.2) is 0 Å². The number of carbonyl (C=O) groups excluding carboxylic acids is 2. The molecule has 8 nitrogen and oxygen atoms in total. The van der Waals surface area contributed by atoms with Gasteiger partial charge in [-0.05, 0) is 43.7 Å². The summed E-state index contributed by atoms with van der Waals surface area (Å²) < 4.78 is 5.94. The Labute approximate surface area is 157 Å². The average Bonchev–Trinajstić information content (AvgIpc) is 2.63. The quantitative estimate of drug-likeness (QED) is 0.804. The summed E-state index contributed by atoms with van der Waals surface area (Å²) in [7, 11) is 0. The maximum atomic E-state index is 11.2. The van der Waals surface area contributed by atoms with Crippen LogP contribution in [0.25, 0.3) is 0 Å². The van der Waals surface area contributed by atoms with Crippen molar-refractivity contribution in [2.45, 2.75) is 25.7 Å². The summed E-state index contributed by atoms with van der Waals surface area (Å²) >= 11 is 0. The third-order valence-electron chi connectivity index (χ3n) is 4.35. The molecule has 1 aliphatic rings. The summed E-state index contributed by atoms with van der Waals surface area (Å²) in [5.74, 6) is 0.732. The summed E-state index contributed by atoms with van der Waals surface area (Å²) in [6.45, 7) is 3.25. The van der Waals surface area contributed by atoms with E-state index in [1.807, 2.05) is 4.90 Å².